The molecule has 132 valence electrons. The van der Waals surface area contributed by atoms with Crippen LogP contribution in [0.1, 0.15) is 39.2 Å². The van der Waals surface area contributed by atoms with Gasteiger partial charge in [0, 0.05) is 44.4 Å². The van der Waals surface area contributed by atoms with Crippen LogP contribution in [0, 0.1) is 0 Å². The molecule has 0 aromatic carbocycles. The van der Waals surface area contributed by atoms with Crippen molar-refractivity contribution in [1.82, 2.24) is 20.5 Å². The van der Waals surface area contributed by atoms with E-state index in [1.165, 1.54) is 0 Å². The van der Waals surface area contributed by atoms with Gasteiger partial charge in [-0.2, -0.15) is 0 Å². The van der Waals surface area contributed by atoms with Gasteiger partial charge in [0.15, 0.2) is 0 Å². The summed E-state index contributed by atoms with van der Waals surface area (Å²) in [6, 6.07) is 3.59. The van der Waals surface area contributed by atoms with E-state index in [9.17, 15) is 9.59 Å². The van der Waals surface area contributed by atoms with E-state index in [1.54, 1.807) is 18.0 Å². The lowest BCUT2D eigenvalue weighted by atomic mass is 10.1. The summed E-state index contributed by atoms with van der Waals surface area (Å²) in [4.78, 5) is 29.4. The predicted octanol–water partition coefficient (Wildman–Crippen LogP) is 1.68. The quantitative estimate of drug-likeness (QED) is 0.858. The first-order chi connectivity index (χ1) is 11.5. The molecule has 0 radical (unpaired) electrons. The number of carbonyl (C=O) groups excluding carboxylic acids is 2. The van der Waals surface area contributed by atoms with E-state index in [-0.39, 0.29) is 24.1 Å². The second kappa shape index (κ2) is 8.52. The fourth-order valence-electron chi connectivity index (χ4n) is 2.64. The molecule has 1 aliphatic heterocycles. The average Bonchev–Trinajstić information content (AvgIpc) is 2.54. The Bertz CT molecular complexity index is 569. The average molecular weight is 334 g/mol. The molecule has 0 saturated carbocycles. The highest BCUT2D eigenvalue weighted by Gasteiger charge is 2.21. The maximum Gasteiger partial charge on any atom is 0.315 e. The van der Waals surface area contributed by atoms with Crippen LogP contribution in [0.2, 0.25) is 0 Å². The van der Waals surface area contributed by atoms with Gasteiger partial charge in [0.25, 0.3) is 0 Å². The van der Waals surface area contributed by atoms with Gasteiger partial charge in [-0.15, -0.1) is 0 Å². The minimum absolute atomic E-state index is 0.0268. The van der Waals surface area contributed by atoms with Crippen molar-refractivity contribution in [3.05, 3.63) is 23.9 Å². The molecule has 0 aliphatic carbocycles. The molecule has 0 unspecified atom stereocenters. The number of aromatic nitrogens is 1. The van der Waals surface area contributed by atoms with Gasteiger partial charge < -0.3 is 20.3 Å². The summed E-state index contributed by atoms with van der Waals surface area (Å²) in [5.41, 5.74) is 0.841. The minimum atomic E-state index is -0.212. The van der Waals surface area contributed by atoms with Gasteiger partial charge in [-0.3, -0.25) is 4.79 Å². The van der Waals surface area contributed by atoms with E-state index in [0.717, 1.165) is 18.4 Å². The van der Waals surface area contributed by atoms with Crippen molar-refractivity contribution in [2.24, 2.45) is 0 Å². The second-order valence-corrected chi connectivity index (χ2v) is 6.24. The molecule has 7 heteroatoms. The Balaban J connectivity index is 1.79. The minimum Gasteiger partial charge on any atom is -0.475 e. The molecule has 0 bridgehead atoms. The summed E-state index contributed by atoms with van der Waals surface area (Å²) in [6.07, 6.45) is 3.26. The third-order valence-electron chi connectivity index (χ3n) is 3.91. The Labute approximate surface area is 142 Å². The molecule has 1 aromatic rings. The molecule has 24 heavy (non-hydrogen) atoms. The molecule has 1 aliphatic rings. The maximum absolute atomic E-state index is 12.1. The van der Waals surface area contributed by atoms with Gasteiger partial charge in [0.2, 0.25) is 11.8 Å². The van der Waals surface area contributed by atoms with Crippen molar-refractivity contribution in [3.63, 3.8) is 0 Å². The van der Waals surface area contributed by atoms with Gasteiger partial charge in [-0.05, 0) is 32.8 Å². The Hall–Kier alpha value is -2.31. The van der Waals surface area contributed by atoms with Crippen LogP contribution in [0.3, 0.4) is 0 Å². The number of rotatable bonds is 5. The van der Waals surface area contributed by atoms with Gasteiger partial charge in [0.05, 0.1) is 6.10 Å². The number of pyridine rings is 1. The molecule has 0 atom stereocenters. The number of urea groups is 1. The van der Waals surface area contributed by atoms with Gasteiger partial charge in [-0.25, -0.2) is 9.78 Å². The first kappa shape index (κ1) is 18.0. The lowest BCUT2D eigenvalue weighted by molar-refractivity contribution is -0.129. The number of piperidine rings is 1. The molecule has 2 heterocycles. The van der Waals surface area contributed by atoms with Crippen LogP contribution in [-0.2, 0) is 11.3 Å². The summed E-state index contributed by atoms with van der Waals surface area (Å²) in [6.45, 7) is 7.18. The maximum atomic E-state index is 12.1. The highest BCUT2D eigenvalue weighted by atomic mass is 16.5. The van der Waals surface area contributed by atoms with Crippen molar-refractivity contribution in [3.8, 4) is 5.88 Å². The smallest absolute Gasteiger partial charge is 0.315 e. The monoisotopic (exact) mass is 334 g/mol. The Morgan fingerprint density at radius 1 is 1.38 bits per heavy atom. The van der Waals surface area contributed by atoms with Gasteiger partial charge in [-0.1, -0.05) is 6.07 Å². The number of likely N-dealkylation sites (tertiary alicyclic amines) is 1. The topological polar surface area (TPSA) is 83.6 Å². The summed E-state index contributed by atoms with van der Waals surface area (Å²) in [5.74, 6) is 0.634. The zero-order valence-electron chi connectivity index (χ0n) is 14.5. The number of carbonyl (C=O) groups is 2. The highest BCUT2D eigenvalue weighted by Crippen LogP contribution is 2.15. The second-order valence-electron chi connectivity index (χ2n) is 6.24. The van der Waals surface area contributed by atoms with Crippen molar-refractivity contribution in [2.45, 2.75) is 52.3 Å². The lowest BCUT2D eigenvalue weighted by Crippen LogP contribution is -2.48. The highest BCUT2D eigenvalue weighted by molar-refractivity contribution is 5.75. The third-order valence-corrected chi connectivity index (χ3v) is 3.91. The molecule has 2 N–H and O–H groups in total. The van der Waals surface area contributed by atoms with Gasteiger partial charge in [0.1, 0.15) is 0 Å². The molecule has 3 amide bonds. The van der Waals surface area contributed by atoms with Crippen LogP contribution < -0.4 is 15.4 Å². The van der Waals surface area contributed by atoms with Crippen molar-refractivity contribution in [1.29, 1.82) is 0 Å². The Morgan fingerprint density at radius 2 is 2.08 bits per heavy atom. The van der Waals surface area contributed by atoms with E-state index >= 15 is 0 Å². The SMILES string of the molecule is CC(=O)N1CCC(NC(=O)NCc2cccnc2OC(C)C)CC1. The Kier molecular flexibility index (Phi) is 6.40. The summed E-state index contributed by atoms with van der Waals surface area (Å²) in [5, 5.41) is 5.80. The van der Waals surface area contributed by atoms with E-state index < -0.39 is 0 Å². The molecule has 0 spiro atoms. The van der Waals surface area contributed by atoms with E-state index in [2.05, 4.69) is 15.6 Å². The summed E-state index contributed by atoms with van der Waals surface area (Å²) >= 11 is 0. The number of hydrogen-bond donors (Lipinski definition) is 2. The standard InChI is InChI=1S/C17H26N4O3/c1-12(2)24-16-14(5-4-8-18-16)11-19-17(23)20-15-6-9-21(10-7-15)13(3)22/h4-5,8,12,15H,6-7,9-11H2,1-3H3,(H2,19,20,23). The van der Waals surface area contributed by atoms with Gasteiger partial charge >= 0.3 is 6.03 Å². The molecule has 1 aromatic heterocycles. The zero-order chi connectivity index (χ0) is 17.5. The van der Waals surface area contributed by atoms with Crippen molar-refractivity contribution in [2.75, 3.05) is 13.1 Å². The van der Waals surface area contributed by atoms with Crippen LogP contribution >= 0.6 is 0 Å². The van der Waals surface area contributed by atoms with Crippen LogP contribution in [0.4, 0.5) is 4.79 Å². The fourth-order valence-corrected chi connectivity index (χ4v) is 2.64. The van der Waals surface area contributed by atoms with E-state index in [0.29, 0.717) is 25.5 Å². The van der Waals surface area contributed by atoms with Crippen LogP contribution in [0.25, 0.3) is 0 Å². The summed E-state index contributed by atoms with van der Waals surface area (Å²) < 4.78 is 5.64. The Morgan fingerprint density at radius 3 is 2.71 bits per heavy atom. The number of amides is 3. The fraction of sp³-hybridized carbons (Fsp3) is 0.588. The van der Waals surface area contributed by atoms with Crippen LogP contribution in [0.15, 0.2) is 18.3 Å². The molecule has 2 rings (SSSR count). The number of ether oxygens (including phenoxy) is 1. The van der Waals surface area contributed by atoms with E-state index in [1.807, 2.05) is 26.0 Å². The third kappa shape index (κ3) is 5.40. The number of nitrogens with one attached hydrogen (secondary N) is 2. The number of nitrogens with zero attached hydrogens (tertiary/aromatic N) is 2. The zero-order valence-corrected chi connectivity index (χ0v) is 14.5. The predicted molar refractivity (Wildman–Crippen MR) is 90.6 cm³/mol. The molecule has 7 nitrogen and oxygen atoms in total. The summed E-state index contributed by atoms with van der Waals surface area (Å²) in [7, 11) is 0. The van der Waals surface area contributed by atoms with Crippen LogP contribution in [0.5, 0.6) is 5.88 Å². The molecule has 1 saturated heterocycles. The molecular formula is C17H26N4O3. The molecule has 1 fully saturated rings. The molecular weight excluding hydrogens is 308 g/mol. The van der Waals surface area contributed by atoms with Crippen LogP contribution in [-0.4, -0.2) is 47.1 Å². The lowest BCUT2D eigenvalue weighted by Gasteiger charge is -2.31. The van der Waals surface area contributed by atoms with Crippen molar-refractivity contribution >= 4 is 11.9 Å². The normalized spacial score (nSPS) is 15.2. The first-order valence-corrected chi connectivity index (χ1v) is 8.36. The number of hydrogen-bond acceptors (Lipinski definition) is 4. The van der Waals surface area contributed by atoms with E-state index in [4.69, 9.17) is 4.74 Å². The van der Waals surface area contributed by atoms with Crippen molar-refractivity contribution < 1.29 is 14.3 Å². The first-order valence-electron chi connectivity index (χ1n) is 8.36. The largest absolute Gasteiger partial charge is 0.475 e.